The Morgan fingerprint density at radius 3 is 2.74 bits per heavy atom. The average molecular weight is 312 g/mol. The summed E-state index contributed by atoms with van der Waals surface area (Å²) in [5.41, 5.74) is 4.47. The van der Waals surface area contributed by atoms with Crippen LogP contribution in [0.1, 0.15) is 22.6 Å². The second-order valence-corrected chi connectivity index (χ2v) is 6.20. The van der Waals surface area contributed by atoms with E-state index in [0.717, 1.165) is 41.3 Å². The molecular weight excluding hydrogens is 288 g/mol. The van der Waals surface area contributed by atoms with Gasteiger partial charge in [0.25, 0.3) is 0 Å². The monoisotopic (exact) mass is 312 g/mol. The van der Waals surface area contributed by atoms with Crippen molar-refractivity contribution < 1.29 is 4.42 Å². The number of rotatable bonds is 5. The van der Waals surface area contributed by atoms with Crippen LogP contribution in [-0.2, 0) is 20.1 Å². The highest BCUT2D eigenvalue weighted by Gasteiger charge is 2.14. The molecule has 2 aromatic heterocycles. The second kappa shape index (κ2) is 6.08. The summed E-state index contributed by atoms with van der Waals surface area (Å²) in [6.07, 6.45) is 0. The van der Waals surface area contributed by atoms with Crippen molar-refractivity contribution in [1.29, 1.82) is 0 Å². The lowest BCUT2D eigenvalue weighted by Crippen LogP contribution is -2.19. The van der Waals surface area contributed by atoms with E-state index in [2.05, 4.69) is 46.5 Å². The highest BCUT2D eigenvalue weighted by molar-refractivity contribution is 5.81. The van der Waals surface area contributed by atoms with Gasteiger partial charge in [-0.25, -0.2) is 0 Å². The molecule has 0 aliphatic heterocycles. The molecule has 0 unspecified atom stereocenters. The van der Waals surface area contributed by atoms with Crippen LogP contribution in [0.4, 0.5) is 5.82 Å². The van der Waals surface area contributed by atoms with E-state index in [1.165, 1.54) is 11.1 Å². The summed E-state index contributed by atoms with van der Waals surface area (Å²) in [5, 5.41) is 9.22. The van der Waals surface area contributed by atoms with Gasteiger partial charge in [-0.2, -0.15) is 5.10 Å². The van der Waals surface area contributed by atoms with Gasteiger partial charge in [-0.05, 0) is 19.9 Å². The molecule has 0 aliphatic carbocycles. The maximum atomic E-state index is 5.83. The topological polar surface area (TPSA) is 46.2 Å². The van der Waals surface area contributed by atoms with Gasteiger partial charge >= 0.3 is 0 Å². The van der Waals surface area contributed by atoms with Gasteiger partial charge in [-0.1, -0.05) is 18.2 Å². The smallest absolute Gasteiger partial charge is 0.138 e. The van der Waals surface area contributed by atoms with Gasteiger partial charge in [0.1, 0.15) is 17.2 Å². The zero-order chi connectivity index (χ0) is 16.6. The van der Waals surface area contributed by atoms with E-state index in [9.17, 15) is 0 Å². The van der Waals surface area contributed by atoms with E-state index in [-0.39, 0.29) is 0 Å². The first-order valence-corrected chi connectivity index (χ1v) is 7.86. The molecular formula is C18H24N4O. The van der Waals surface area contributed by atoms with Gasteiger partial charge in [0.2, 0.25) is 0 Å². The molecule has 3 rings (SSSR count). The number of furan rings is 1. The number of anilines is 1. The molecule has 1 aromatic carbocycles. The number of aryl methyl sites for hydroxylation is 3. The number of aromatic nitrogens is 2. The molecule has 5 nitrogen and oxygen atoms in total. The van der Waals surface area contributed by atoms with Crippen LogP contribution < -0.4 is 10.2 Å². The minimum atomic E-state index is 0.769. The van der Waals surface area contributed by atoms with Crippen LogP contribution in [0.5, 0.6) is 0 Å². The summed E-state index contributed by atoms with van der Waals surface area (Å²) in [5.74, 6) is 2.09. The summed E-state index contributed by atoms with van der Waals surface area (Å²) in [6.45, 7) is 5.59. The number of hydrogen-bond donors (Lipinski definition) is 1. The lowest BCUT2D eigenvalue weighted by molar-refractivity contribution is 0.570. The van der Waals surface area contributed by atoms with Crippen molar-refractivity contribution in [2.75, 3.05) is 19.0 Å². The summed E-state index contributed by atoms with van der Waals surface area (Å²) in [6, 6.07) is 8.36. The van der Waals surface area contributed by atoms with Crippen molar-refractivity contribution in [3.05, 3.63) is 46.8 Å². The van der Waals surface area contributed by atoms with E-state index in [1.807, 2.05) is 32.7 Å². The minimum absolute atomic E-state index is 0.769. The zero-order valence-electron chi connectivity index (χ0n) is 14.5. The number of para-hydroxylation sites is 1. The Balaban J connectivity index is 1.77. The first-order valence-electron chi connectivity index (χ1n) is 7.86. The number of nitrogens with zero attached hydrogens (tertiary/aromatic N) is 3. The number of hydrogen-bond acceptors (Lipinski definition) is 4. The van der Waals surface area contributed by atoms with E-state index < -0.39 is 0 Å². The number of nitrogens with one attached hydrogen (secondary N) is 1. The van der Waals surface area contributed by atoms with Crippen molar-refractivity contribution in [3.63, 3.8) is 0 Å². The largest absolute Gasteiger partial charge is 0.461 e. The fourth-order valence-electron chi connectivity index (χ4n) is 3.17. The van der Waals surface area contributed by atoms with Crippen LogP contribution in [0.3, 0.4) is 0 Å². The van der Waals surface area contributed by atoms with E-state index in [1.54, 1.807) is 0 Å². The molecule has 0 atom stereocenters. The first-order chi connectivity index (χ1) is 11.0. The molecule has 0 fully saturated rings. The van der Waals surface area contributed by atoms with Crippen molar-refractivity contribution in [3.8, 4) is 0 Å². The lowest BCUT2D eigenvalue weighted by Gasteiger charge is -2.15. The van der Waals surface area contributed by atoms with Gasteiger partial charge in [0, 0.05) is 50.7 Å². The molecule has 2 heterocycles. The van der Waals surface area contributed by atoms with Gasteiger partial charge < -0.3 is 14.6 Å². The molecule has 0 aliphatic rings. The average Bonchev–Trinajstić information content (AvgIpc) is 2.98. The molecule has 122 valence electrons. The van der Waals surface area contributed by atoms with Crippen LogP contribution in [-0.4, -0.2) is 23.9 Å². The molecule has 0 saturated carbocycles. The third-order valence-corrected chi connectivity index (χ3v) is 4.10. The first kappa shape index (κ1) is 15.6. The van der Waals surface area contributed by atoms with Gasteiger partial charge in [-0.15, -0.1) is 0 Å². The van der Waals surface area contributed by atoms with Gasteiger partial charge in [0.15, 0.2) is 0 Å². The summed E-state index contributed by atoms with van der Waals surface area (Å²) >= 11 is 0. The molecule has 0 spiro atoms. The molecule has 5 heteroatoms. The molecule has 0 saturated heterocycles. The van der Waals surface area contributed by atoms with Crippen molar-refractivity contribution in [2.24, 2.45) is 7.05 Å². The highest BCUT2D eigenvalue weighted by Crippen LogP contribution is 2.24. The molecule has 3 aromatic rings. The number of fused-ring (bicyclic) bond motifs is 1. The van der Waals surface area contributed by atoms with E-state index >= 15 is 0 Å². The Morgan fingerprint density at radius 2 is 2.00 bits per heavy atom. The van der Waals surface area contributed by atoms with E-state index in [4.69, 9.17) is 4.42 Å². The zero-order valence-corrected chi connectivity index (χ0v) is 14.5. The lowest BCUT2D eigenvalue weighted by atomic mass is 10.1. The van der Waals surface area contributed by atoms with Crippen molar-refractivity contribution in [1.82, 2.24) is 15.1 Å². The minimum Gasteiger partial charge on any atom is -0.461 e. The summed E-state index contributed by atoms with van der Waals surface area (Å²) in [4.78, 5) is 2.10. The normalized spacial score (nSPS) is 11.3. The fraction of sp³-hybridized carbons (Fsp3) is 0.389. The Labute approximate surface area is 136 Å². The van der Waals surface area contributed by atoms with Crippen molar-refractivity contribution >= 4 is 16.8 Å². The maximum absolute atomic E-state index is 5.83. The van der Waals surface area contributed by atoms with E-state index in [0.29, 0.717) is 0 Å². The Hall–Kier alpha value is -2.27. The molecule has 1 N–H and O–H groups in total. The Bertz CT molecular complexity index is 829. The summed E-state index contributed by atoms with van der Waals surface area (Å²) in [7, 11) is 6.08. The van der Waals surface area contributed by atoms with Crippen LogP contribution >= 0.6 is 0 Å². The van der Waals surface area contributed by atoms with Gasteiger partial charge in [0.05, 0.1) is 5.69 Å². The third-order valence-electron chi connectivity index (χ3n) is 4.10. The van der Waals surface area contributed by atoms with Crippen LogP contribution in [0.2, 0.25) is 0 Å². The second-order valence-electron chi connectivity index (χ2n) is 6.20. The Morgan fingerprint density at radius 1 is 1.22 bits per heavy atom. The Kier molecular flexibility index (Phi) is 4.13. The quantitative estimate of drug-likeness (QED) is 0.786. The molecule has 0 radical (unpaired) electrons. The number of benzene rings is 1. The predicted octanol–water partition coefficient (Wildman–Crippen LogP) is 3.14. The molecule has 0 amide bonds. The molecule has 23 heavy (non-hydrogen) atoms. The maximum Gasteiger partial charge on any atom is 0.138 e. The third kappa shape index (κ3) is 2.97. The van der Waals surface area contributed by atoms with Gasteiger partial charge in [-0.3, -0.25) is 4.68 Å². The molecule has 0 bridgehead atoms. The highest BCUT2D eigenvalue weighted by atomic mass is 16.3. The van der Waals surface area contributed by atoms with Crippen LogP contribution in [0.15, 0.2) is 28.7 Å². The fourth-order valence-corrected chi connectivity index (χ4v) is 3.17. The van der Waals surface area contributed by atoms with Crippen molar-refractivity contribution in [2.45, 2.75) is 26.9 Å². The standard InChI is InChI=1S/C18H24N4O/c1-12-9-14-7-6-8-15(17(14)23-12)10-19-11-16-13(2)20-22(5)18(16)21(3)4/h6-9,19H,10-11H2,1-5H3. The SMILES string of the molecule is Cc1cc2cccc(CNCc3c(C)nn(C)c3N(C)C)c2o1. The predicted molar refractivity (Wildman–Crippen MR) is 93.8 cm³/mol. The van der Waals surface area contributed by atoms with Crippen LogP contribution in [0, 0.1) is 13.8 Å². The van der Waals surface area contributed by atoms with Crippen LogP contribution in [0.25, 0.3) is 11.0 Å². The summed E-state index contributed by atoms with van der Waals surface area (Å²) < 4.78 is 7.76.